The maximum atomic E-state index is 13.2. The standard InChI is InChI=1S/C27H24FIN2O3/c1-3-20-7-5-6-8-24(20)31-27(32)21(16-30)13-19-14-23(29)26(25(15-19)33-4-2)34-17-18-9-11-22(28)12-10-18/h5-15H,3-4,17H2,1-2H3,(H,31,32)/b21-13+. The number of nitrogens with one attached hydrogen (secondary N) is 1. The van der Waals surface area contributed by atoms with Gasteiger partial charge in [0.1, 0.15) is 24.1 Å². The first-order valence-corrected chi connectivity index (χ1v) is 11.9. The van der Waals surface area contributed by atoms with Gasteiger partial charge in [0, 0.05) is 5.69 Å². The molecule has 0 saturated heterocycles. The van der Waals surface area contributed by atoms with Gasteiger partial charge in [-0.05, 0) is 89.0 Å². The van der Waals surface area contributed by atoms with E-state index in [0.29, 0.717) is 29.4 Å². The van der Waals surface area contributed by atoms with Gasteiger partial charge in [-0.3, -0.25) is 4.79 Å². The lowest BCUT2D eigenvalue weighted by Gasteiger charge is -2.15. The zero-order chi connectivity index (χ0) is 24.5. The number of benzene rings is 3. The number of halogens is 2. The van der Waals surface area contributed by atoms with Crippen LogP contribution in [0.2, 0.25) is 0 Å². The molecule has 7 heteroatoms. The molecule has 3 aromatic carbocycles. The van der Waals surface area contributed by atoms with Crippen molar-refractivity contribution in [1.29, 1.82) is 5.26 Å². The molecule has 5 nitrogen and oxygen atoms in total. The molecule has 0 unspecified atom stereocenters. The molecule has 0 aromatic heterocycles. The van der Waals surface area contributed by atoms with Crippen LogP contribution in [0.5, 0.6) is 11.5 Å². The first-order chi connectivity index (χ1) is 16.4. The highest BCUT2D eigenvalue weighted by Gasteiger charge is 2.15. The maximum Gasteiger partial charge on any atom is 0.266 e. The molecule has 0 atom stereocenters. The van der Waals surface area contributed by atoms with Gasteiger partial charge in [-0.25, -0.2) is 4.39 Å². The smallest absolute Gasteiger partial charge is 0.266 e. The summed E-state index contributed by atoms with van der Waals surface area (Å²) in [5.41, 5.74) is 3.11. The zero-order valence-corrected chi connectivity index (χ0v) is 21.1. The number of rotatable bonds is 9. The summed E-state index contributed by atoms with van der Waals surface area (Å²) in [6.07, 6.45) is 2.29. The molecular formula is C27H24FIN2O3. The monoisotopic (exact) mass is 570 g/mol. The SMILES string of the molecule is CCOc1cc(/C=C(\C#N)C(=O)Nc2ccccc2CC)cc(I)c1OCc1ccc(F)cc1. The molecule has 0 spiro atoms. The van der Waals surface area contributed by atoms with Gasteiger partial charge in [-0.15, -0.1) is 0 Å². The number of carbonyl (C=O) groups is 1. The minimum absolute atomic E-state index is 0.0239. The zero-order valence-electron chi connectivity index (χ0n) is 18.9. The lowest BCUT2D eigenvalue weighted by molar-refractivity contribution is -0.112. The van der Waals surface area contributed by atoms with E-state index in [9.17, 15) is 14.4 Å². The Labute approximate surface area is 212 Å². The summed E-state index contributed by atoms with van der Waals surface area (Å²) in [6.45, 7) is 4.52. The van der Waals surface area contributed by atoms with E-state index in [1.165, 1.54) is 18.2 Å². The van der Waals surface area contributed by atoms with E-state index in [0.717, 1.165) is 21.1 Å². The number of anilines is 1. The number of hydrogen-bond donors (Lipinski definition) is 1. The first-order valence-electron chi connectivity index (χ1n) is 10.8. The number of carbonyl (C=O) groups excluding carboxylic acids is 1. The topological polar surface area (TPSA) is 71.3 Å². The Hall–Kier alpha value is -3.38. The van der Waals surface area contributed by atoms with E-state index in [1.54, 1.807) is 18.2 Å². The van der Waals surface area contributed by atoms with Crippen LogP contribution in [0.25, 0.3) is 6.08 Å². The number of ether oxygens (including phenoxy) is 2. The largest absolute Gasteiger partial charge is 0.490 e. The minimum atomic E-state index is -0.479. The summed E-state index contributed by atoms with van der Waals surface area (Å²) in [5, 5.41) is 12.5. The second kappa shape index (κ2) is 12.2. The molecule has 1 amide bonds. The maximum absolute atomic E-state index is 13.2. The van der Waals surface area contributed by atoms with Crippen LogP contribution in [0.3, 0.4) is 0 Å². The van der Waals surface area contributed by atoms with E-state index in [-0.39, 0.29) is 18.0 Å². The van der Waals surface area contributed by atoms with Crippen molar-refractivity contribution in [3.63, 3.8) is 0 Å². The fraction of sp³-hybridized carbons (Fsp3) is 0.185. The quantitative estimate of drug-likeness (QED) is 0.181. The fourth-order valence-corrected chi connectivity index (χ4v) is 4.05. The summed E-state index contributed by atoms with van der Waals surface area (Å²) >= 11 is 2.13. The van der Waals surface area contributed by atoms with E-state index < -0.39 is 5.91 Å². The molecule has 34 heavy (non-hydrogen) atoms. The number of aryl methyl sites for hydroxylation is 1. The molecule has 1 N–H and O–H groups in total. The predicted molar refractivity (Wildman–Crippen MR) is 139 cm³/mol. The Kier molecular flexibility index (Phi) is 9.05. The average Bonchev–Trinajstić information content (AvgIpc) is 2.83. The molecule has 0 fully saturated rings. The summed E-state index contributed by atoms with van der Waals surface area (Å²) in [5.74, 6) is 0.258. The van der Waals surface area contributed by atoms with Crippen molar-refractivity contribution in [2.75, 3.05) is 11.9 Å². The Balaban J connectivity index is 1.85. The summed E-state index contributed by atoms with van der Waals surface area (Å²) < 4.78 is 25.6. The summed E-state index contributed by atoms with van der Waals surface area (Å²) in [6, 6.07) is 19.1. The Morgan fingerprint density at radius 3 is 2.53 bits per heavy atom. The predicted octanol–water partition coefficient (Wildman–Crippen LogP) is 6.52. The van der Waals surface area contributed by atoms with Crippen LogP contribution < -0.4 is 14.8 Å². The van der Waals surface area contributed by atoms with Gasteiger partial charge in [0.05, 0.1) is 10.2 Å². The van der Waals surface area contributed by atoms with Crippen molar-refractivity contribution in [3.8, 4) is 17.6 Å². The second-order valence-corrected chi connectivity index (χ2v) is 8.47. The van der Waals surface area contributed by atoms with E-state index in [4.69, 9.17) is 9.47 Å². The van der Waals surface area contributed by atoms with E-state index in [1.807, 2.05) is 50.2 Å². The molecular weight excluding hydrogens is 546 g/mol. The number of hydrogen-bond acceptors (Lipinski definition) is 4. The van der Waals surface area contributed by atoms with Gasteiger partial charge in [-0.1, -0.05) is 37.3 Å². The summed E-state index contributed by atoms with van der Waals surface area (Å²) in [7, 11) is 0. The van der Waals surface area contributed by atoms with Crippen LogP contribution in [0.15, 0.2) is 66.2 Å². The van der Waals surface area contributed by atoms with Crippen molar-refractivity contribution >= 4 is 40.3 Å². The number of nitriles is 1. The van der Waals surface area contributed by atoms with Crippen molar-refractivity contribution in [2.45, 2.75) is 26.9 Å². The molecule has 0 heterocycles. The number of nitrogens with zero attached hydrogens (tertiary/aromatic N) is 1. The van der Waals surface area contributed by atoms with Gasteiger partial charge >= 0.3 is 0 Å². The molecule has 0 saturated carbocycles. The molecule has 0 aliphatic heterocycles. The number of para-hydroxylation sites is 1. The first kappa shape index (κ1) is 25.2. The lowest BCUT2D eigenvalue weighted by atomic mass is 10.1. The highest BCUT2D eigenvalue weighted by atomic mass is 127. The van der Waals surface area contributed by atoms with E-state index >= 15 is 0 Å². The van der Waals surface area contributed by atoms with Gasteiger partial charge in [0.2, 0.25) is 0 Å². The van der Waals surface area contributed by atoms with Crippen LogP contribution in [-0.2, 0) is 17.8 Å². The number of amides is 1. The van der Waals surface area contributed by atoms with Gasteiger partial charge in [-0.2, -0.15) is 5.26 Å². The third kappa shape index (κ3) is 6.58. The van der Waals surface area contributed by atoms with Crippen LogP contribution in [-0.4, -0.2) is 12.5 Å². The molecule has 0 radical (unpaired) electrons. The molecule has 0 aliphatic carbocycles. The van der Waals surface area contributed by atoms with Crippen molar-refractivity contribution in [3.05, 3.63) is 92.3 Å². The summed E-state index contributed by atoms with van der Waals surface area (Å²) in [4.78, 5) is 12.8. The molecule has 174 valence electrons. The normalized spacial score (nSPS) is 11.0. The third-order valence-electron chi connectivity index (χ3n) is 4.95. The average molecular weight is 570 g/mol. The van der Waals surface area contributed by atoms with Gasteiger partial charge in [0.25, 0.3) is 5.91 Å². The van der Waals surface area contributed by atoms with Crippen molar-refractivity contribution in [1.82, 2.24) is 0 Å². The van der Waals surface area contributed by atoms with Gasteiger partial charge < -0.3 is 14.8 Å². The third-order valence-corrected chi connectivity index (χ3v) is 5.75. The van der Waals surface area contributed by atoms with Crippen LogP contribution in [0.4, 0.5) is 10.1 Å². The Morgan fingerprint density at radius 1 is 1.12 bits per heavy atom. The fourth-order valence-electron chi connectivity index (χ4n) is 3.27. The Bertz CT molecular complexity index is 1230. The molecule has 3 aromatic rings. The minimum Gasteiger partial charge on any atom is -0.490 e. The lowest BCUT2D eigenvalue weighted by Crippen LogP contribution is -2.14. The Morgan fingerprint density at radius 2 is 1.85 bits per heavy atom. The molecule has 3 rings (SSSR count). The second-order valence-electron chi connectivity index (χ2n) is 7.31. The highest BCUT2D eigenvalue weighted by Crippen LogP contribution is 2.35. The molecule has 0 bridgehead atoms. The van der Waals surface area contributed by atoms with Gasteiger partial charge in [0.15, 0.2) is 11.5 Å². The highest BCUT2D eigenvalue weighted by molar-refractivity contribution is 14.1. The van der Waals surface area contributed by atoms with E-state index in [2.05, 4.69) is 27.9 Å². The van der Waals surface area contributed by atoms with Crippen LogP contribution >= 0.6 is 22.6 Å². The van der Waals surface area contributed by atoms with Crippen LogP contribution in [0, 0.1) is 20.7 Å². The van der Waals surface area contributed by atoms with Crippen molar-refractivity contribution in [2.24, 2.45) is 0 Å². The van der Waals surface area contributed by atoms with Crippen LogP contribution in [0.1, 0.15) is 30.5 Å². The molecule has 0 aliphatic rings. The van der Waals surface area contributed by atoms with Crippen molar-refractivity contribution < 1.29 is 18.7 Å².